The third-order valence-corrected chi connectivity index (χ3v) is 8.32. The second-order valence-corrected chi connectivity index (χ2v) is 10.6. The number of nitrogens with one attached hydrogen (secondary N) is 1. The molecule has 0 spiro atoms. The molecule has 6 heteroatoms. The monoisotopic (exact) mass is 512 g/mol. The molecule has 1 N–H and O–H groups in total. The van der Waals surface area contributed by atoms with Crippen LogP contribution in [-0.2, 0) is 14.9 Å². The predicted molar refractivity (Wildman–Crippen MR) is 149 cm³/mol. The van der Waals surface area contributed by atoms with Gasteiger partial charge < -0.3 is 14.8 Å². The van der Waals surface area contributed by atoms with Gasteiger partial charge in [-0.05, 0) is 66.4 Å². The van der Waals surface area contributed by atoms with Gasteiger partial charge in [0.2, 0.25) is 0 Å². The number of benzene rings is 3. The van der Waals surface area contributed by atoms with E-state index in [0.29, 0.717) is 11.3 Å². The molecule has 1 heterocycles. The predicted octanol–water partition coefficient (Wildman–Crippen LogP) is 5.12. The summed E-state index contributed by atoms with van der Waals surface area (Å²) < 4.78 is 11.6. The molecule has 0 bridgehead atoms. The van der Waals surface area contributed by atoms with Gasteiger partial charge in [-0.15, -0.1) is 6.58 Å². The fourth-order valence-corrected chi connectivity index (χ4v) is 6.61. The maximum absolute atomic E-state index is 13.4. The number of rotatable bonds is 7. The van der Waals surface area contributed by atoms with Crippen LogP contribution < -0.4 is 10.1 Å². The van der Waals surface area contributed by atoms with Gasteiger partial charge >= 0.3 is 5.97 Å². The number of ether oxygens (including phenoxy) is 2. The van der Waals surface area contributed by atoms with E-state index in [9.17, 15) is 9.59 Å². The SMILES string of the molecule is C=CCN1CCC2(c3cccc(OC(C)=O)c3)CC(NC(=O)c3ccc4ccccc4c3)CC(OC)C2C1. The van der Waals surface area contributed by atoms with Crippen molar-refractivity contribution in [2.24, 2.45) is 5.92 Å². The lowest BCUT2D eigenvalue weighted by molar-refractivity contribution is -0.131. The zero-order chi connectivity index (χ0) is 26.7. The molecule has 3 aromatic rings. The summed E-state index contributed by atoms with van der Waals surface area (Å²) in [7, 11) is 1.77. The van der Waals surface area contributed by atoms with Gasteiger partial charge in [0.15, 0.2) is 0 Å². The number of hydrogen-bond donors (Lipinski definition) is 1. The minimum Gasteiger partial charge on any atom is -0.427 e. The van der Waals surface area contributed by atoms with Crippen LogP contribution in [0.3, 0.4) is 0 Å². The lowest BCUT2D eigenvalue weighted by Crippen LogP contribution is -2.61. The molecule has 1 aliphatic heterocycles. The zero-order valence-corrected chi connectivity index (χ0v) is 22.2. The third-order valence-electron chi connectivity index (χ3n) is 8.32. The van der Waals surface area contributed by atoms with Crippen molar-refractivity contribution in [3.63, 3.8) is 0 Å². The van der Waals surface area contributed by atoms with Crippen LogP contribution in [0.1, 0.15) is 42.1 Å². The molecular weight excluding hydrogens is 476 g/mol. The summed E-state index contributed by atoms with van der Waals surface area (Å²) in [5.41, 5.74) is 1.56. The summed E-state index contributed by atoms with van der Waals surface area (Å²) in [6.45, 7) is 7.99. The molecule has 0 aromatic heterocycles. The Hall–Kier alpha value is -3.48. The Balaban J connectivity index is 1.46. The molecular formula is C32H36N2O4. The number of esters is 1. The van der Waals surface area contributed by atoms with Crippen molar-refractivity contribution >= 4 is 22.6 Å². The Morgan fingerprint density at radius 3 is 2.68 bits per heavy atom. The van der Waals surface area contributed by atoms with E-state index in [-0.39, 0.29) is 35.4 Å². The van der Waals surface area contributed by atoms with Crippen molar-refractivity contribution in [2.45, 2.75) is 43.7 Å². The molecule has 1 saturated carbocycles. The lowest BCUT2D eigenvalue weighted by atomic mass is 9.57. The first-order valence-corrected chi connectivity index (χ1v) is 13.4. The minimum atomic E-state index is -0.337. The molecule has 3 aromatic carbocycles. The van der Waals surface area contributed by atoms with Gasteiger partial charge in [-0.25, -0.2) is 0 Å². The Morgan fingerprint density at radius 1 is 1.11 bits per heavy atom. The van der Waals surface area contributed by atoms with Crippen LogP contribution in [0.15, 0.2) is 79.4 Å². The number of carbonyl (C=O) groups excluding carboxylic acids is 2. The van der Waals surface area contributed by atoms with Crippen molar-refractivity contribution in [3.05, 3.63) is 90.5 Å². The van der Waals surface area contributed by atoms with Gasteiger partial charge in [0.05, 0.1) is 6.10 Å². The molecule has 5 rings (SSSR count). The number of carbonyl (C=O) groups is 2. The summed E-state index contributed by atoms with van der Waals surface area (Å²) in [5, 5.41) is 5.50. The highest BCUT2D eigenvalue weighted by atomic mass is 16.5. The maximum atomic E-state index is 13.4. The number of fused-ring (bicyclic) bond motifs is 2. The quantitative estimate of drug-likeness (QED) is 0.270. The number of nitrogens with zero attached hydrogens (tertiary/aromatic N) is 1. The Labute approximate surface area is 224 Å². The van der Waals surface area contributed by atoms with Crippen LogP contribution in [0.4, 0.5) is 0 Å². The zero-order valence-electron chi connectivity index (χ0n) is 22.2. The van der Waals surface area contributed by atoms with Crippen LogP contribution in [0.25, 0.3) is 10.8 Å². The highest BCUT2D eigenvalue weighted by Gasteiger charge is 2.52. The average Bonchev–Trinajstić information content (AvgIpc) is 2.92. The van der Waals surface area contributed by atoms with Crippen molar-refractivity contribution in [3.8, 4) is 5.75 Å². The average molecular weight is 513 g/mol. The molecule has 0 radical (unpaired) electrons. The van der Waals surface area contributed by atoms with Gasteiger partial charge in [-0.2, -0.15) is 0 Å². The summed E-state index contributed by atoms with van der Waals surface area (Å²) in [5.74, 6) is 0.369. The molecule has 198 valence electrons. The van der Waals surface area contributed by atoms with Crippen LogP contribution in [0, 0.1) is 5.92 Å². The molecule has 1 amide bonds. The fourth-order valence-electron chi connectivity index (χ4n) is 6.61. The van der Waals surface area contributed by atoms with E-state index >= 15 is 0 Å². The largest absolute Gasteiger partial charge is 0.427 e. The number of piperidine rings is 1. The minimum absolute atomic E-state index is 0.0318. The van der Waals surface area contributed by atoms with Gasteiger partial charge in [-0.3, -0.25) is 14.5 Å². The molecule has 1 aliphatic carbocycles. The van der Waals surface area contributed by atoms with E-state index in [1.54, 1.807) is 7.11 Å². The van der Waals surface area contributed by atoms with Crippen molar-refractivity contribution < 1.29 is 19.1 Å². The van der Waals surface area contributed by atoms with Crippen LogP contribution in [-0.4, -0.2) is 55.7 Å². The first-order chi connectivity index (χ1) is 18.4. The highest BCUT2D eigenvalue weighted by Crippen LogP contribution is 2.50. The van der Waals surface area contributed by atoms with Gasteiger partial charge in [-0.1, -0.05) is 48.5 Å². The van der Waals surface area contributed by atoms with Crippen LogP contribution >= 0.6 is 0 Å². The van der Waals surface area contributed by atoms with E-state index in [4.69, 9.17) is 9.47 Å². The molecule has 2 aliphatic rings. The van der Waals surface area contributed by atoms with Crippen LogP contribution in [0.5, 0.6) is 5.75 Å². The normalized spacial score (nSPS) is 25.4. The highest BCUT2D eigenvalue weighted by molar-refractivity contribution is 5.98. The molecule has 1 saturated heterocycles. The van der Waals surface area contributed by atoms with Gasteiger partial charge in [0, 0.05) is 50.1 Å². The maximum Gasteiger partial charge on any atom is 0.308 e. The lowest BCUT2D eigenvalue weighted by Gasteiger charge is -2.55. The first kappa shape index (κ1) is 26.1. The molecule has 4 atom stereocenters. The summed E-state index contributed by atoms with van der Waals surface area (Å²) in [4.78, 5) is 27.5. The number of hydrogen-bond acceptors (Lipinski definition) is 5. The van der Waals surface area contributed by atoms with Crippen molar-refractivity contribution in [1.29, 1.82) is 0 Å². The second-order valence-electron chi connectivity index (χ2n) is 10.6. The first-order valence-electron chi connectivity index (χ1n) is 13.4. The van der Waals surface area contributed by atoms with Crippen LogP contribution in [0.2, 0.25) is 0 Å². The van der Waals surface area contributed by atoms with E-state index in [1.807, 2.05) is 66.7 Å². The van der Waals surface area contributed by atoms with E-state index in [0.717, 1.165) is 55.2 Å². The summed E-state index contributed by atoms with van der Waals surface area (Å²) in [6, 6.07) is 21.8. The van der Waals surface area contributed by atoms with E-state index in [1.165, 1.54) is 6.92 Å². The molecule has 2 fully saturated rings. The number of amides is 1. The van der Waals surface area contributed by atoms with Crippen molar-refractivity contribution in [2.75, 3.05) is 26.7 Å². The number of likely N-dealkylation sites (tertiary alicyclic amines) is 1. The van der Waals surface area contributed by atoms with E-state index in [2.05, 4.69) is 22.9 Å². The molecule has 38 heavy (non-hydrogen) atoms. The van der Waals surface area contributed by atoms with E-state index < -0.39 is 0 Å². The topological polar surface area (TPSA) is 67.9 Å². The molecule has 4 unspecified atom stereocenters. The van der Waals surface area contributed by atoms with Crippen molar-refractivity contribution in [1.82, 2.24) is 10.2 Å². The number of methoxy groups -OCH3 is 1. The Morgan fingerprint density at radius 2 is 1.92 bits per heavy atom. The molecule has 6 nitrogen and oxygen atoms in total. The smallest absolute Gasteiger partial charge is 0.308 e. The Bertz CT molecular complexity index is 1340. The second kappa shape index (κ2) is 11.1. The summed E-state index contributed by atoms with van der Waals surface area (Å²) >= 11 is 0. The van der Waals surface area contributed by atoms with Gasteiger partial charge in [0.1, 0.15) is 5.75 Å². The summed E-state index contributed by atoms with van der Waals surface area (Å²) in [6.07, 6.45) is 4.37. The standard InChI is InChI=1S/C32H36N2O4/c1-4-15-34-16-14-32(26-10-7-11-28(18-26)38-22(2)35)20-27(19-30(37-3)29(32)21-34)33-31(36)25-13-12-23-8-5-6-9-24(23)17-25/h4-13,17-18,27,29-30H,1,14-16,19-21H2,2-3H3,(H,33,36). The Kier molecular flexibility index (Phi) is 7.63. The third kappa shape index (κ3) is 5.24. The fraction of sp³-hybridized carbons (Fsp3) is 0.375. The van der Waals surface area contributed by atoms with Gasteiger partial charge in [0.25, 0.3) is 5.91 Å².